The summed E-state index contributed by atoms with van der Waals surface area (Å²) in [6.07, 6.45) is 0.591. The van der Waals surface area contributed by atoms with Crippen LogP contribution in [0.25, 0.3) is 11.0 Å². The van der Waals surface area contributed by atoms with E-state index in [1.54, 1.807) is 24.3 Å². The number of rotatable bonds is 4. The molecule has 0 unspecified atom stereocenters. The summed E-state index contributed by atoms with van der Waals surface area (Å²) in [6.45, 7) is 3.80. The number of benzene rings is 1. The smallest absolute Gasteiger partial charge is 0.287 e. The van der Waals surface area contributed by atoms with E-state index < -0.39 is 5.91 Å². The molecule has 0 aliphatic heterocycles. The van der Waals surface area contributed by atoms with Crippen molar-refractivity contribution >= 4 is 16.9 Å². The molecule has 3 aromatic rings. The van der Waals surface area contributed by atoms with Crippen LogP contribution >= 0.6 is 0 Å². The van der Waals surface area contributed by atoms with Gasteiger partial charge < -0.3 is 9.73 Å². The highest BCUT2D eigenvalue weighted by molar-refractivity contribution is 5.93. The molecule has 0 saturated carbocycles. The zero-order valence-corrected chi connectivity index (χ0v) is 12.9. The van der Waals surface area contributed by atoms with Gasteiger partial charge in [-0.3, -0.25) is 14.7 Å². The number of carbonyl (C=O) groups is 1. The first kappa shape index (κ1) is 15.0. The van der Waals surface area contributed by atoms with Crippen LogP contribution in [-0.2, 0) is 6.42 Å². The van der Waals surface area contributed by atoms with Gasteiger partial charge in [-0.1, -0.05) is 12.1 Å². The van der Waals surface area contributed by atoms with E-state index in [2.05, 4.69) is 15.5 Å². The molecule has 23 heavy (non-hydrogen) atoms. The molecule has 0 saturated heterocycles. The number of hydrogen-bond donors (Lipinski definition) is 2. The maximum absolute atomic E-state index is 12.3. The standard InChI is InChI=1S/C17H17N3O3/c1-10(7-12-8-11(2)19-20-12)18-17(22)16-9-14(21)13-5-3-4-6-15(13)23-16/h3-6,8-10H,7H2,1-2H3,(H,18,22)(H,19,20)/t10-/m1/s1. The van der Waals surface area contributed by atoms with E-state index in [0.717, 1.165) is 11.4 Å². The van der Waals surface area contributed by atoms with Crippen LogP contribution in [0.1, 0.15) is 28.9 Å². The topological polar surface area (TPSA) is 88.0 Å². The van der Waals surface area contributed by atoms with Gasteiger partial charge in [0.05, 0.1) is 11.1 Å². The largest absolute Gasteiger partial charge is 0.451 e. The van der Waals surface area contributed by atoms with E-state index in [9.17, 15) is 9.59 Å². The van der Waals surface area contributed by atoms with Crippen molar-refractivity contribution in [2.75, 3.05) is 0 Å². The van der Waals surface area contributed by atoms with Crippen molar-refractivity contribution in [2.45, 2.75) is 26.3 Å². The molecule has 2 N–H and O–H groups in total. The van der Waals surface area contributed by atoms with Crippen LogP contribution in [0, 0.1) is 6.92 Å². The number of para-hydroxylation sites is 1. The molecule has 6 nitrogen and oxygen atoms in total. The van der Waals surface area contributed by atoms with Gasteiger partial charge >= 0.3 is 0 Å². The van der Waals surface area contributed by atoms with Crippen molar-refractivity contribution in [3.63, 3.8) is 0 Å². The van der Waals surface area contributed by atoms with Gasteiger partial charge in [-0.2, -0.15) is 5.10 Å². The Hall–Kier alpha value is -2.89. The molecule has 0 fully saturated rings. The van der Waals surface area contributed by atoms with E-state index in [-0.39, 0.29) is 17.2 Å². The molecule has 1 amide bonds. The van der Waals surface area contributed by atoms with Gasteiger partial charge in [-0.05, 0) is 32.0 Å². The fraction of sp³-hybridized carbons (Fsp3) is 0.235. The first-order valence-electron chi connectivity index (χ1n) is 7.37. The first-order valence-corrected chi connectivity index (χ1v) is 7.37. The van der Waals surface area contributed by atoms with E-state index in [4.69, 9.17) is 4.42 Å². The molecule has 0 aliphatic rings. The van der Waals surface area contributed by atoms with Crippen LogP contribution < -0.4 is 10.7 Å². The lowest BCUT2D eigenvalue weighted by atomic mass is 10.1. The lowest BCUT2D eigenvalue weighted by Crippen LogP contribution is -2.34. The quantitative estimate of drug-likeness (QED) is 0.773. The zero-order valence-electron chi connectivity index (χ0n) is 12.9. The number of amides is 1. The zero-order chi connectivity index (χ0) is 16.4. The second-order valence-electron chi connectivity index (χ2n) is 5.59. The SMILES string of the molecule is Cc1cc(C[C@@H](C)NC(=O)c2cc(=O)c3ccccc3o2)n[nH]1. The molecular weight excluding hydrogens is 294 g/mol. The average Bonchev–Trinajstić information content (AvgIpc) is 2.92. The molecule has 0 spiro atoms. The van der Waals surface area contributed by atoms with E-state index in [1.165, 1.54) is 6.07 Å². The third kappa shape index (κ3) is 3.31. The summed E-state index contributed by atoms with van der Waals surface area (Å²) in [5, 5.41) is 10.3. The number of H-pyrrole nitrogens is 1. The lowest BCUT2D eigenvalue weighted by Gasteiger charge is -2.12. The molecule has 2 heterocycles. The Balaban J connectivity index is 1.76. The van der Waals surface area contributed by atoms with Gasteiger partial charge in [0.25, 0.3) is 5.91 Å². The Labute approximate surface area is 132 Å². The maximum Gasteiger partial charge on any atom is 0.287 e. The van der Waals surface area contributed by atoms with Gasteiger partial charge in [-0.15, -0.1) is 0 Å². The third-order valence-corrected chi connectivity index (χ3v) is 3.51. The second-order valence-corrected chi connectivity index (χ2v) is 5.59. The van der Waals surface area contributed by atoms with Crippen LogP contribution in [0.2, 0.25) is 0 Å². The van der Waals surface area contributed by atoms with E-state index in [1.807, 2.05) is 19.9 Å². The monoisotopic (exact) mass is 311 g/mol. The normalized spacial score (nSPS) is 12.3. The molecule has 0 aliphatic carbocycles. The van der Waals surface area contributed by atoms with Crippen LogP contribution in [0.3, 0.4) is 0 Å². The minimum absolute atomic E-state index is 0.0127. The first-order chi connectivity index (χ1) is 11.0. The number of nitrogens with zero attached hydrogens (tertiary/aromatic N) is 1. The van der Waals surface area contributed by atoms with Crippen molar-refractivity contribution in [1.29, 1.82) is 0 Å². The van der Waals surface area contributed by atoms with Crippen LogP contribution in [0.5, 0.6) is 0 Å². The summed E-state index contributed by atoms with van der Waals surface area (Å²) in [5.74, 6) is -0.397. The summed E-state index contributed by atoms with van der Waals surface area (Å²) in [6, 6.07) is 9.88. The van der Waals surface area contributed by atoms with Crippen molar-refractivity contribution in [1.82, 2.24) is 15.5 Å². The Morgan fingerprint density at radius 3 is 2.87 bits per heavy atom. The Morgan fingerprint density at radius 1 is 1.35 bits per heavy atom. The van der Waals surface area contributed by atoms with E-state index in [0.29, 0.717) is 17.4 Å². The fourth-order valence-corrected chi connectivity index (χ4v) is 2.45. The molecule has 118 valence electrons. The molecule has 2 aromatic heterocycles. The molecule has 6 heteroatoms. The van der Waals surface area contributed by atoms with Gasteiger partial charge in [0.1, 0.15) is 5.58 Å². The molecule has 3 rings (SSSR count). The number of carbonyl (C=O) groups excluding carboxylic acids is 1. The summed E-state index contributed by atoms with van der Waals surface area (Å²) in [4.78, 5) is 24.3. The van der Waals surface area contributed by atoms with Crippen molar-refractivity contribution in [3.8, 4) is 0 Å². The summed E-state index contributed by atoms with van der Waals surface area (Å²) in [7, 11) is 0. The molecular formula is C17H17N3O3. The Kier molecular flexibility index (Phi) is 3.97. The number of aromatic amines is 1. The predicted octanol–water partition coefficient (Wildman–Crippen LogP) is 2.19. The van der Waals surface area contributed by atoms with Gasteiger partial charge in [0.2, 0.25) is 0 Å². The van der Waals surface area contributed by atoms with Crippen LogP contribution in [0.15, 0.2) is 45.6 Å². The lowest BCUT2D eigenvalue weighted by molar-refractivity contribution is 0.0912. The number of fused-ring (bicyclic) bond motifs is 1. The highest BCUT2D eigenvalue weighted by Crippen LogP contribution is 2.12. The Bertz CT molecular complexity index is 911. The second kappa shape index (κ2) is 6.08. The molecule has 0 radical (unpaired) electrons. The van der Waals surface area contributed by atoms with Gasteiger partial charge in [0, 0.05) is 24.2 Å². The predicted molar refractivity (Wildman–Crippen MR) is 86.4 cm³/mol. The number of hydrogen-bond acceptors (Lipinski definition) is 4. The Morgan fingerprint density at radius 2 is 2.13 bits per heavy atom. The van der Waals surface area contributed by atoms with Crippen molar-refractivity contribution in [3.05, 3.63) is 63.8 Å². The van der Waals surface area contributed by atoms with E-state index >= 15 is 0 Å². The van der Waals surface area contributed by atoms with Crippen molar-refractivity contribution in [2.24, 2.45) is 0 Å². The van der Waals surface area contributed by atoms with Crippen molar-refractivity contribution < 1.29 is 9.21 Å². The molecule has 1 atom stereocenters. The van der Waals surface area contributed by atoms with Gasteiger partial charge in [-0.25, -0.2) is 0 Å². The van der Waals surface area contributed by atoms with Crippen LogP contribution in [-0.4, -0.2) is 22.1 Å². The minimum atomic E-state index is -0.410. The number of aromatic nitrogens is 2. The molecule has 0 bridgehead atoms. The number of nitrogens with one attached hydrogen (secondary N) is 2. The average molecular weight is 311 g/mol. The molecule has 1 aromatic carbocycles. The summed E-state index contributed by atoms with van der Waals surface area (Å²) >= 11 is 0. The highest BCUT2D eigenvalue weighted by atomic mass is 16.3. The highest BCUT2D eigenvalue weighted by Gasteiger charge is 2.15. The fourth-order valence-electron chi connectivity index (χ4n) is 2.45. The van der Waals surface area contributed by atoms with Gasteiger partial charge in [0.15, 0.2) is 11.2 Å². The maximum atomic E-state index is 12.3. The summed E-state index contributed by atoms with van der Waals surface area (Å²) < 4.78 is 5.53. The minimum Gasteiger partial charge on any atom is -0.451 e. The van der Waals surface area contributed by atoms with Crippen LogP contribution in [0.4, 0.5) is 0 Å². The number of aryl methyl sites for hydroxylation is 1. The summed E-state index contributed by atoms with van der Waals surface area (Å²) in [5.41, 5.74) is 2.02. The third-order valence-electron chi connectivity index (χ3n) is 3.51.